The van der Waals surface area contributed by atoms with Gasteiger partial charge >= 0.3 is 0 Å². The summed E-state index contributed by atoms with van der Waals surface area (Å²) < 4.78 is 35.0. The first kappa shape index (κ1) is 18.7. The Morgan fingerprint density at radius 3 is 2.52 bits per heavy atom. The average Bonchev–Trinajstić information content (AvgIpc) is 3.04. The first-order chi connectivity index (χ1) is 12.8. The number of fused-ring (bicyclic) bond motifs is 1. The number of sulfonamides is 1. The van der Waals surface area contributed by atoms with Gasteiger partial charge in [0.25, 0.3) is 15.9 Å². The van der Waals surface area contributed by atoms with Crippen molar-refractivity contribution in [2.75, 3.05) is 19.5 Å². The Bertz CT molecular complexity index is 1020. The summed E-state index contributed by atoms with van der Waals surface area (Å²) in [7, 11) is -1.12. The van der Waals surface area contributed by atoms with E-state index in [0.29, 0.717) is 22.7 Å². The third-order valence-corrected chi connectivity index (χ3v) is 5.20. The lowest BCUT2D eigenvalue weighted by atomic mass is 10.2. The zero-order valence-electron chi connectivity index (χ0n) is 14.5. The Kier molecular flexibility index (Phi) is 5.02. The summed E-state index contributed by atoms with van der Waals surface area (Å²) in [5, 5.41) is 2.62. The summed E-state index contributed by atoms with van der Waals surface area (Å²) >= 11 is 0. The van der Waals surface area contributed by atoms with E-state index in [2.05, 4.69) is 10.7 Å². The molecule has 0 spiro atoms. The molecule has 1 heterocycles. The molecule has 0 fully saturated rings. The van der Waals surface area contributed by atoms with Crippen LogP contribution in [0.4, 0.5) is 5.69 Å². The number of carbonyl (C=O) groups is 2. The van der Waals surface area contributed by atoms with E-state index in [4.69, 9.17) is 9.47 Å². The molecule has 142 valence electrons. The zero-order chi connectivity index (χ0) is 19.6. The Morgan fingerprint density at radius 2 is 1.81 bits per heavy atom. The standard InChI is InChI=1S/C17H17N3O6S/c1-25-14-6-3-10(8-15(14)26-2)17(22)19-20-27(23,24)12-4-5-13-11(7-12)9-16(21)18-13/h3-8,20H,9H2,1-2H3,(H,18,21)(H,19,22). The van der Waals surface area contributed by atoms with Crippen molar-refractivity contribution in [3.63, 3.8) is 0 Å². The molecule has 0 atom stereocenters. The van der Waals surface area contributed by atoms with Crippen LogP contribution in [0.1, 0.15) is 15.9 Å². The number of carbonyl (C=O) groups excluding carboxylic acids is 2. The van der Waals surface area contributed by atoms with E-state index >= 15 is 0 Å². The van der Waals surface area contributed by atoms with Gasteiger partial charge in [-0.1, -0.05) is 0 Å². The Balaban J connectivity index is 1.73. The van der Waals surface area contributed by atoms with Gasteiger partial charge < -0.3 is 14.8 Å². The highest BCUT2D eigenvalue weighted by Crippen LogP contribution is 2.28. The smallest absolute Gasteiger partial charge is 0.266 e. The van der Waals surface area contributed by atoms with Gasteiger partial charge in [0.05, 0.1) is 25.5 Å². The topological polar surface area (TPSA) is 123 Å². The molecule has 2 aromatic carbocycles. The molecular formula is C17H17N3O6S. The predicted octanol–water partition coefficient (Wildman–Crippen LogP) is 0.822. The number of amides is 2. The lowest BCUT2D eigenvalue weighted by molar-refractivity contribution is -0.115. The highest BCUT2D eigenvalue weighted by atomic mass is 32.2. The second kappa shape index (κ2) is 7.25. The van der Waals surface area contributed by atoms with Crippen molar-refractivity contribution in [2.24, 2.45) is 0 Å². The molecule has 0 bridgehead atoms. The van der Waals surface area contributed by atoms with Crippen LogP contribution in [-0.2, 0) is 21.2 Å². The minimum absolute atomic E-state index is 0.0645. The molecule has 3 rings (SSSR count). The quantitative estimate of drug-likeness (QED) is 0.627. The number of rotatable bonds is 6. The van der Waals surface area contributed by atoms with Crippen LogP contribution in [0.2, 0.25) is 0 Å². The molecule has 0 saturated carbocycles. The van der Waals surface area contributed by atoms with E-state index in [1.165, 1.54) is 50.6 Å². The lowest BCUT2D eigenvalue weighted by Gasteiger charge is -2.11. The molecule has 27 heavy (non-hydrogen) atoms. The third kappa shape index (κ3) is 3.86. The second-order valence-corrected chi connectivity index (χ2v) is 7.36. The number of methoxy groups -OCH3 is 2. The number of hydrazine groups is 1. The summed E-state index contributed by atoms with van der Waals surface area (Å²) in [6, 6.07) is 8.66. The fourth-order valence-electron chi connectivity index (χ4n) is 2.59. The fraction of sp³-hybridized carbons (Fsp3) is 0.176. The molecular weight excluding hydrogens is 374 g/mol. The molecule has 1 aliphatic rings. The van der Waals surface area contributed by atoms with E-state index in [-0.39, 0.29) is 22.8 Å². The fourth-order valence-corrected chi connectivity index (χ4v) is 3.48. The third-order valence-electron chi connectivity index (χ3n) is 3.96. The highest BCUT2D eigenvalue weighted by molar-refractivity contribution is 7.89. The second-order valence-electron chi connectivity index (χ2n) is 5.67. The van der Waals surface area contributed by atoms with Crippen molar-refractivity contribution >= 4 is 27.5 Å². The van der Waals surface area contributed by atoms with Gasteiger partial charge in [0, 0.05) is 11.3 Å². The normalized spacial score (nSPS) is 12.9. The summed E-state index contributed by atoms with van der Waals surface area (Å²) in [6.07, 6.45) is 0.108. The van der Waals surface area contributed by atoms with Crippen molar-refractivity contribution < 1.29 is 27.5 Å². The van der Waals surface area contributed by atoms with Crippen LogP contribution in [0.5, 0.6) is 11.5 Å². The molecule has 9 nitrogen and oxygen atoms in total. The maximum absolute atomic E-state index is 12.4. The molecule has 10 heteroatoms. The monoisotopic (exact) mass is 391 g/mol. The summed E-state index contributed by atoms with van der Waals surface area (Å²) in [6.45, 7) is 0. The number of hydrogen-bond acceptors (Lipinski definition) is 6. The van der Waals surface area contributed by atoms with Gasteiger partial charge in [0.1, 0.15) is 0 Å². The van der Waals surface area contributed by atoms with Crippen LogP contribution in [0.25, 0.3) is 0 Å². The molecule has 3 N–H and O–H groups in total. The largest absolute Gasteiger partial charge is 0.493 e. The minimum atomic E-state index is -4.01. The molecule has 2 aromatic rings. The summed E-state index contributed by atoms with van der Waals surface area (Å²) in [4.78, 5) is 25.6. The number of ether oxygens (including phenoxy) is 2. The van der Waals surface area contributed by atoms with E-state index in [1.807, 2.05) is 4.83 Å². The van der Waals surface area contributed by atoms with Gasteiger partial charge in [-0.15, -0.1) is 4.83 Å². The van der Waals surface area contributed by atoms with Crippen LogP contribution < -0.4 is 25.0 Å². The zero-order valence-corrected chi connectivity index (χ0v) is 15.3. The van der Waals surface area contributed by atoms with Crippen LogP contribution in [0.3, 0.4) is 0 Å². The Morgan fingerprint density at radius 1 is 1.07 bits per heavy atom. The maximum atomic E-state index is 12.4. The van der Waals surface area contributed by atoms with E-state index in [9.17, 15) is 18.0 Å². The Hall–Kier alpha value is -3.11. The van der Waals surface area contributed by atoms with Gasteiger partial charge in [-0.25, -0.2) is 8.42 Å². The van der Waals surface area contributed by atoms with Crippen molar-refractivity contribution in [1.82, 2.24) is 10.3 Å². The summed E-state index contributed by atoms with van der Waals surface area (Å²) in [5.74, 6) is -0.0912. The first-order valence-electron chi connectivity index (χ1n) is 7.81. The highest BCUT2D eigenvalue weighted by Gasteiger charge is 2.22. The van der Waals surface area contributed by atoms with Crippen molar-refractivity contribution in [3.8, 4) is 11.5 Å². The van der Waals surface area contributed by atoms with Crippen LogP contribution in [0.15, 0.2) is 41.3 Å². The van der Waals surface area contributed by atoms with Gasteiger partial charge in [0.15, 0.2) is 11.5 Å². The van der Waals surface area contributed by atoms with Gasteiger partial charge in [-0.2, -0.15) is 0 Å². The molecule has 0 radical (unpaired) electrons. The van der Waals surface area contributed by atoms with Crippen molar-refractivity contribution in [1.29, 1.82) is 0 Å². The summed E-state index contributed by atoms with van der Waals surface area (Å²) in [5.41, 5.74) is 3.48. The molecule has 1 aliphatic heterocycles. The number of benzene rings is 2. The predicted molar refractivity (Wildman–Crippen MR) is 96.1 cm³/mol. The molecule has 2 amide bonds. The van der Waals surface area contributed by atoms with Gasteiger partial charge in [-0.05, 0) is 42.0 Å². The van der Waals surface area contributed by atoms with Crippen LogP contribution in [-0.4, -0.2) is 34.5 Å². The first-order valence-corrected chi connectivity index (χ1v) is 9.29. The average molecular weight is 391 g/mol. The number of nitrogens with one attached hydrogen (secondary N) is 3. The minimum Gasteiger partial charge on any atom is -0.493 e. The van der Waals surface area contributed by atoms with E-state index < -0.39 is 15.9 Å². The molecule has 0 aromatic heterocycles. The van der Waals surface area contributed by atoms with Crippen LogP contribution >= 0.6 is 0 Å². The number of anilines is 1. The van der Waals surface area contributed by atoms with Crippen molar-refractivity contribution in [3.05, 3.63) is 47.5 Å². The van der Waals surface area contributed by atoms with Gasteiger partial charge in [-0.3, -0.25) is 15.0 Å². The van der Waals surface area contributed by atoms with Crippen molar-refractivity contribution in [2.45, 2.75) is 11.3 Å². The molecule has 0 unspecified atom stereocenters. The van der Waals surface area contributed by atoms with E-state index in [1.54, 1.807) is 0 Å². The molecule has 0 saturated heterocycles. The number of hydrogen-bond donors (Lipinski definition) is 3. The SMILES string of the molecule is COc1ccc(C(=O)NNS(=O)(=O)c2ccc3c(c2)CC(=O)N3)cc1OC. The lowest BCUT2D eigenvalue weighted by Crippen LogP contribution is -2.41. The maximum Gasteiger partial charge on any atom is 0.266 e. The van der Waals surface area contributed by atoms with Crippen LogP contribution in [0, 0.1) is 0 Å². The molecule has 0 aliphatic carbocycles. The Labute approximate surface area is 155 Å². The van der Waals surface area contributed by atoms with E-state index in [0.717, 1.165) is 0 Å². The van der Waals surface area contributed by atoms with Gasteiger partial charge in [0.2, 0.25) is 5.91 Å².